The first kappa shape index (κ1) is 24.9. The van der Waals surface area contributed by atoms with Crippen LogP contribution in [0.15, 0.2) is 24.4 Å². The van der Waals surface area contributed by atoms with Gasteiger partial charge in [-0.15, -0.1) is 0 Å². The normalized spacial score (nSPS) is 10.6. The number of rotatable bonds is 8. The molecule has 2 aromatic heterocycles. The molecule has 0 aliphatic carbocycles. The summed E-state index contributed by atoms with van der Waals surface area (Å²) in [5.41, 5.74) is 2.30. The van der Waals surface area contributed by atoms with Gasteiger partial charge in [-0.1, -0.05) is 6.92 Å². The van der Waals surface area contributed by atoms with Gasteiger partial charge in [0, 0.05) is 33.4 Å². The van der Waals surface area contributed by atoms with Gasteiger partial charge in [0.2, 0.25) is 5.88 Å². The molecule has 2 rings (SSSR count). The zero-order valence-corrected chi connectivity index (χ0v) is 17.1. The number of aromatic nitrogens is 2. The molecule has 0 spiro atoms. The molecule has 0 saturated carbocycles. The van der Waals surface area contributed by atoms with E-state index in [4.69, 9.17) is 4.79 Å². The Balaban J connectivity index is 0. The van der Waals surface area contributed by atoms with E-state index < -0.39 is 12.8 Å². The number of halogens is 3. The summed E-state index contributed by atoms with van der Waals surface area (Å²) in [7, 11) is 0. The Bertz CT molecular complexity index is 855. The van der Waals surface area contributed by atoms with E-state index in [1.165, 1.54) is 19.2 Å². The lowest BCUT2D eigenvalue weighted by Crippen LogP contribution is -2.24. The van der Waals surface area contributed by atoms with Gasteiger partial charge in [-0.05, 0) is 44.0 Å². The molecule has 10 heteroatoms. The van der Waals surface area contributed by atoms with Crippen LogP contribution in [0.4, 0.5) is 19.0 Å². The number of amides is 1. The lowest BCUT2D eigenvalue weighted by molar-refractivity contribution is -0.154. The van der Waals surface area contributed by atoms with Crippen molar-refractivity contribution in [3.8, 4) is 5.88 Å². The van der Waals surface area contributed by atoms with Crippen molar-refractivity contribution in [1.29, 1.82) is 0 Å². The number of anilines is 1. The number of nitrogens with zero attached hydrogens (tertiary/aromatic N) is 2. The summed E-state index contributed by atoms with van der Waals surface area (Å²) in [6.07, 6.45) is -2.28. The molecule has 0 aliphatic rings. The van der Waals surface area contributed by atoms with Gasteiger partial charge in [0.05, 0.1) is 5.56 Å². The van der Waals surface area contributed by atoms with E-state index in [9.17, 15) is 18.0 Å². The zero-order chi connectivity index (χ0) is 22.7. The third kappa shape index (κ3) is 8.46. The molecule has 0 radical (unpaired) electrons. The smallest absolute Gasteiger partial charge is 0.422 e. The number of alkyl halides is 3. The number of hydrogen-bond acceptors (Lipinski definition) is 6. The number of pyridine rings is 2. The van der Waals surface area contributed by atoms with E-state index in [1.54, 1.807) is 0 Å². The molecule has 2 aromatic rings. The van der Waals surface area contributed by atoms with E-state index in [0.29, 0.717) is 5.56 Å². The van der Waals surface area contributed by atoms with E-state index in [-0.39, 0.29) is 26.7 Å². The molecule has 30 heavy (non-hydrogen) atoms. The van der Waals surface area contributed by atoms with Crippen LogP contribution in [0.25, 0.3) is 0 Å². The van der Waals surface area contributed by atoms with Crippen molar-refractivity contribution in [2.24, 2.45) is 0 Å². The predicted octanol–water partition coefficient (Wildman–Crippen LogP) is 4.09. The summed E-state index contributed by atoms with van der Waals surface area (Å²) in [5, 5.41) is 5.98. The number of aryl methyl sites for hydroxylation is 2. The van der Waals surface area contributed by atoms with Crippen LogP contribution < -0.4 is 15.4 Å². The second kappa shape index (κ2) is 11.7. The van der Waals surface area contributed by atoms with Crippen molar-refractivity contribution in [1.82, 2.24) is 15.3 Å². The summed E-state index contributed by atoms with van der Waals surface area (Å²) in [6, 6.07) is 5.18. The average Bonchev–Trinajstić information content (AvgIpc) is 2.70. The topological polar surface area (TPSA) is 93.2 Å². The van der Waals surface area contributed by atoms with Gasteiger partial charge in [-0.2, -0.15) is 13.2 Å². The fraction of sp³-hybridized carbons (Fsp3) is 0.400. The van der Waals surface area contributed by atoms with Crippen molar-refractivity contribution >= 4 is 18.5 Å². The molecule has 0 atom stereocenters. The molecule has 2 N–H and O–H groups in total. The van der Waals surface area contributed by atoms with Crippen LogP contribution >= 0.6 is 0 Å². The molecule has 0 fully saturated rings. The molecule has 7 nitrogen and oxygen atoms in total. The fourth-order valence-electron chi connectivity index (χ4n) is 2.46. The van der Waals surface area contributed by atoms with Crippen molar-refractivity contribution in [3.05, 3.63) is 46.8 Å². The maximum atomic E-state index is 12.3. The Morgan fingerprint density at radius 1 is 1.23 bits per heavy atom. The first-order chi connectivity index (χ1) is 14.2. The standard InChI is InChI=1S/C19H23F3N4O2.CH2O.2H2/c1-4-5-23-16-8-14(7-13(3)26-16)9-24-17(27)15-6-12(2)18(25-10-15)28-11-19(20,21)22;1-2;;/h6-8,10H,4-5,9,11H2,1-3H3,(H,23,26)(H,24,27);1H2;2*1H. The van der Waals surface area contributed by atoms with E-state index >= 15 is 0 Å². The third-order valence-electron chi connectivity index (χ3n) is 3.69. The molecule has 0 saturated heterocycles. The van der Waals surface area contributed by atoms with Gasteiger partial charge >= 0.3 is 6.18 Å². The van der Waals surface area contributed by atoms with Gasteiger partial charge in [-0.25, -0.2) is 9.97 Å². The van der Waals surface area contributed by atoms with Crippen LogP contribution in [0.5, 0.6) is 5.88 Å². The molecule has 0 bridgehead atoms. The van der Waals surface area contributed by atoms with Gasteiger partial charge in [0.15, 0.2) is 6.61 Å². The Morgan fingerprint density at radius 3 is 2.53 bits per heavy atom. The molecular weight excluding hydrogens is 401 g/mol. The maximum absolute atomic E-state index is 12.3. The van der Waals surface area contributed by atoms with E-state index in [1.807, 2.05) is 25.8 Å². The van der Waals surface area contributed by atoms with Crippen molar-refractivity contribution < 1.29 is 30.4 Å². The molecule has 0 unspecified atom stereocenters. The van der Waals surface area contributed by atoms with Gasteiger partial charge in [0.1, 0.15) is 12.6 Å². The van der Waals surface area contributed by atoms with Crippen LogP contribution in [0.1, 0.15) is 43.4 Å². The minimum absolute atomic E-state index is 0. The Labute approximate surface area is 176 Å². The van der Waals surface area contributed by atoms with Gasteiger partial charge in [0.25, 0.3) is 5.91 Å². The summed E-state index contributed by atoms with van der Waals surface area (Å²) < 4.78 is 41.4. The van der Waals surface area contributed by atoms with Crippen LogP contribution in [0.2, 0.25) is 0 Å². The monoisotopic (exact) mass is 430 g/mol. The number of hydrogen-bond donors (Lipinski definition) is 2. The first-order valence-corrected chi connectivity index (χ1v) is 9.12. The number of carbonyl (C=O) groups is 2. The fourth-order valence-corrected chi connectivity index (χ4v) is 2.46. The highest BCUT2D eigenvalue weighted by Crippen LogP contribution is 2.20. The predicted molar refractivity (Wildman–Crippen MR) is 111 cm³/mol. The Hall–Kier alpha value is -3.17. The van der Waals surface area contributed by atoms with Crippen molar-refractivity contribution in [2.75, 3.05) is 18.5 Å². The number of carbonyl (C=O) groups excluding carboxylic acids is 2. The quantitative estimate of drug-likeness (QED) is 0.655. The number of ether oxygens (including phenoxy) is 1. The minimum atomic E-state index is -4.45. The van der Waals surface area contributed by atoms with Crippen molar-refractivity contribution in [2.45, 2.75) is 39.9 Å². The first-order valence-electron chi connectivity index (χ1n) is 9.12. The second-order valence-corrected chi connectivity index (χ2v) is 6.36. The highest BCUT2D eigenvalue weighted by molar-refractivity contribution is 5.94. The van der Waals surface area contributed by atoms with Crippen LogP contribution in [-0.2, 0) is 11.3 Å². The van der Waals surface area contributed by atoms with Gasteiger partial charge < -0.3 is 20.2 Å². The van der Waals surface area contributed by atoms with Gasteiger partial charge in [-0.3, -0.25) is 4.79 Å². The number of nitrogens with one attached hydrogen (secondary N) is 2. The zero-order valence-electron chi connectivity index (χ0n) is 17.1. The van der Waals surface area contributed by atoms with E-state index in [2.05, 4.69) is 32.3 Å². The Kier molecular flexibility index (Phi) is 9.73. The minimum Gasteiger partial charge on any atom is -0.468 e. The SMILES string of the molecule is C=O.CCCNc1cc(CNC(=O)c2cnc(OCC(F)(F)F)c(C)c2)cc(C)n1.[HH].[HH]. The highest BCUT2D eigenvalue weighted by Gasteiger charge is 2.29. The van der Waals surface area contributed by atoms with Crippen molar-refractivity contribution in [3.63, 3.8) is 0 Å². The average molecular weight is 430 g/mol. The molecule has 168 valence electrons. The van der Waals surface area contributed by atoms with Crippen LogP contribution in [0.3, 0.4) is 0 Å². The lowest BCUT2D eigenvalue weighted by atomic mass is 10.2. The largest absolute Gasteiger partial charge is 0.468 e. The summed E-state index contributed by atoms with van der Waals surface area (Å²) >= 11 is 0. The second-order valence-electron chi connectivity index (χ2n) is 6.36. The lowest BCUT2D eigenvalue weighted by Gasteiger charge is -2.12. The summed E-state index contributed by atoms with van der Waals surface area (Å²) in [5.74, 6) is 0.218. The van der Waals surface area contributed by atoms with Crippen LogP contribution in [-0.4, -0.2) is 42.0 Å². The Morgan fingerprint density at radius 2 is 1.93 bits per heavy atom. The van der Waals surface area contributed by atoms with Crippen LogP contribution in [0, 0.1) is 13.8 Å². The third-order valence-corrected chi connectivity index (χ3v) is 3.69. The summed E-state index contributed by atoms with van der Waals surface area (Å²) in [6.45, 7) is 7.12. The maximum Gasteiger partial charge on any atom is 0.422 e. The molecule has 1 amide bonds. The highest BCUT2D eigenvalue weighted by atomic mass is 19.4. The van der Waals surface area contributed by atoms with E-state index in [0.717, 1.165) is 30.0 Å². The molecule has 0 aliphatic heterocycles. The molecule has 0 aromatic carbocycles. The molecule has 2 heterocycles. The molecular formula is C20H29F3N4O3. The summed E-state index contributed by atoms with van der Waals surface area (Å²) in [4.78, 5) is 28.5.